The SMILES string of the molecule is C=C[Si](C=C)(C=C)OC1=CC2CCC1C2. The minimum absolute atomic E-state index is 0.654. The third kappa shape index (κ3) is 1.74. The van der Waals surface area contributed by atoms with Crippen molar-refractivity contribution in [2.45, 2.75) is 19.3 Å². The molecule has 0 aromatic rings. The van der Waals surface area contributed by atoms with Crippen molar-refractivity contribution < 1.29 is 4.43 Å². The molecule has 1 saturated carbocycles. The number of rotatable bonds is 5. The smallest absolute Gasteiger partial charge is 0.323 e. The number of hydrogen-bond donors (Lipinski definition) is 0. The quantitative estimate of drug-likeness (QED) is 0.642. The lowest BCUT2D eigenvalue weighted by Crippen LogP contribution is -2.32. The van der Waals surface area contributed by atoms with Gasteiger partial charge in [0, 0.05) is 5.92 Å². The summed E-state index contributed by atoms with van der Waals surface area (Å²) in [6, 6.07) is 0. The second-order valence-corrected chi connectivity index (χ2v) is 7.54. The highest BCUT2D eigenvalue weighted by Crippen LogP contribution is 2.45. The van der Waals surface area contributed by atoms with Crippen LogP contribution in [-0.4, -0.2) is 8.32 Å². The van der Waals surface area contributed by atoms with Crippen molar-refractivity contribution in [1.29, 1.82) is 0 Å². The Bertz CT molecular complexity index is 308. The largest absolute Gasteiger partial charge is 0.535 e. The first-order valence-corrected chi connectivity index (χ1v) is 7.68. The second-order valence-electron chi connectivity index (χ2n) is 4.41. The maximum absolute atomic E-state index is 6.13. The lowest BCUT2D eigenvalue weighted by molar-refractivity contribution is 0.360. The van der Waals surface area contributed by atoms with Crippen molar-refractivity contribution in [2.75, 3.05) is 0 Å². The van der Waals surface area contributed by atoms with Gasteiger partial charge in [-0.15, -0.1) is 19.7 Å². The van der Waals surface area contributed by atoms with Gasteiger partial charge in [-0.05, 0) is 31.3 Å². The van der Waals surface area contributed by atoms with Gasteiger partial charge in [-0.3, -0.25) is 0 Å². The molecule has 2 atom stereocenters. The van der Waals surface area contributed by atoms with Gasteiger partial charge in [-0.25, -0.2) is 0 Å². The zero-order chi connectivity index (χ0) is 10.9. The van der Waals surface area contributed by atoms with E-state index in [9.17, 15) is 0 Å². The molecule has 0 aromatic heterocycles. The van der Waals surface area contributed by atoms with Gasteiger partial charge in [0.1, 0.15) is 0 Å². The summed E-state index contributed by atoms with van der Waals surface area (Å²) in [6.45, 7) is 11.5. The molecule has 1 fully saturated rings. The van der Waals surface area contributed by atoms with Crippen LogP contribution in [-0.2, 0) is 4.43 Å². The maximum atomic E-state index is 6.13. The van der Waals surface area contributed by atoms with E-state index in [1.165, 1.54) is 25.0 Å². The first-order valence-electron chi connectivity index (χ1n) is 5.54. The standard InChI is InChI=1S/C13H18OSi/c1-4-15(5-2,6-3)14-13-10-11-7-8-12(13)9-11/h4-6,10-12H,1-3,7-9H2. The van der Waals surface area contributed by atoms with E-state index in [4.69, 9.17) is 4.43 Å². The van der Waals surface area contributed by atoms with E-state index >= 15 is 0 Å². The van der Waals surface area contributed by atoms with Crippen molar-refractivity contribution >= 4 is 8.32 Å². The van der Waals surface area contributed by atoms with Crippen molar-refractivity contribution in [1.82, 2.24) is 0 Å². The number of hydrogen-bond acceptors (Lipinski definition) is 1. The van der Waals surface area contributed by atoms with Crippen LogP contribution in [0.3, 0.4) is 0 Å². The molecule has 0 saturated heterocycles. The third-order valence-electron chi connectivity index (χ3n) is 3.53. The molecule has 80 valence electrons. The highest BCUT2D eigenvalue weighted by atomic mass is 28.4. The molecule has 2 bridgehead atoms. The molecule has 0 aliphatic heterocycles. The molecule has 15 heavy (non-hydrogen) atoms. The van der Waals surface area contributed by atoms with Gasteiger partial charge in [0.2, 0.25) is 0 Å². The molecule has 2 aliphatic rings. The van der Waals surface area contributed by atoms with Gasteiger partial charge >= 0.3 is 8.32 Å². The minimum atomic E-state index is -2.10. The normalized spacial score (nSPS) is 28.4. The summed E-state index contributed by atoms with van der Waals surface area (Å²) in [5, 5.41) is 0. The van der Waals surface area contributed by atoms with Crippen LogP contribution in [0, 0.1) is 11.8 Å². The van der Waals surface area contributed by atoms with Gasteiger partial charge < -0.3 is 4.43 Å². The summed E-state index contributed by atoms with van der Waals surface area (Å²) in [7, 11) is -2.10. The Morgan fingerprint density at radius 3 is 2.27 bits per heavy atom. The first-order chi connectivity index (χ1) is 7.23. The Balaban J connectivity index is 2.14. The molecular formula is C13H18OSi. The molecule has 1 nitrogen and oxygen atoms in total. The summed E-state index contributed by atoms with van der Waals surface area (Å²) in [6.07, 6.45) is 6.20. The molecular weight excluding hydrogens is 200 g/mol. The fraction of sp³-hybridized carbons (Fsp3) is 0.385. The van der Waals surface area contributed by atoms with E-state index in [0.29, 0.717) is 5.92 Å². The fourth-order valence-corrected chi connectivity index (χ4v) is 3.88. The molecule has 0 amide bonds. The Morgan fingerprint density at radius 2 is 1.87 bits per heavy atom. The van der Waals surface area contributed by atoms with Crippen molar-refractivity contribution in [3.63, 3.8) is 0 Å². The van der Waals surface area contributed by atoms with Crippen molar-refractivity contribution in [3.05, 3.63) is 48.7 Å². The monoisotopic (exact) mass is 218 g/mol. The highest BCUT2D eigenvalue weighted by Gasteiger charge is 2.37. The lowest BCUT2D eigenvalue weighted by Gasteiger charge is -2.26. The summed E-state index contributed by atoms with van der Waals surface area (Å²) in [5.41, 5.74) is 5.67. The lowest BCUT2D eigenvalue weighted by atomic mass is 10.1. The van der Waals surface area contributed by atoms with Crippen LogP contribution in [0.1, 0.15) is 19.3 Å². The summed E-state index contributed by atoms with van der Waals surface area (Å²) in [4.78, 5) is 0. The maximum Gasteiger partial charge on any atom is 0.323 e. The van der Waals surface area contributed by atoms with Crippen LogP contribution in [0.5, 0.6) is 0 Å². The van der Waals surface area contributed by atoms with Gasteiger partial charge in [0.15, 0.2) is 0 Å². The highest BCUT2D eigenvalue weighted by molar-refractivity contribution is 6.87. The summed E-state index contributed by atoms with van der Waals surface area (Å²) in [5.74, 6) is 2.59. The van der Waals surface area contributed by atoms with Crippen molar-refractivity contribution in [3.8, 4) is 0 Å². The molecule has 0 heterocycles. The van der Waals surface area contributed by atoms with Gasteiger partial charge in [0.05, 0.1) is 5.76 Å². The number of allylic oxidation sites excluding steroid dienone is 2. The van der Waals surface area contributed by atoms with Gasteiger partial charge in [-0.1, -0.05) is 17.1 Å². The number of fused-ring (bicyclic) bond motifs is 2. The van der Waals surface area contributed by atoms with E-state index in [2.05, 4.69) is 25.8 Å². The molecule has 0 radical (unpaired) electrons. The second kappa shape index (κ2) is 3.85. The molecule has 0 aromatic carbocycles. The summed E-state index contributed by atoms with van der Waals surface area (Å²) >= 11 is 0. The Hall–Kier alpha value is -1.02. The Morgan fingerprint density at radius 1 is 1.20 bits per heavy atom. The van der Waals surface area contributed by atoms with E-state index in [1.807, 2.05) is 17.1 Å². The van der Waals surface area contributed by atoms with Gasteiger partial charge in [0.25, 0.3) is 0 Å². The van der Waals surface area contributed by atoms with E-state index in [1.54, 1.807) is 0 Å². The zero-order valence-corrected chi connectivity index (χ0v) is 10.1. The Kier molecular flexibility index (Phi) is 2.70. The fourth-order valence-electron chi connectivity index (χ4n) is 2.49. The minimum Gasteiger partial charge on any atom is -0.535 e. The predicted octanol–water partition coefficient (Wildman–Crippen LogP) is 3.44. The van der Waals surface area contributed by atoms with E-state index in [-0.39, 0.29) is 0 Å². The average Bonchev–Trinajstić information content (AvgIpc) is 2.88. The van der Waals surface area contributed by atoms with Crippen LogP contribution in [0.15, 0.2) is 48.7 Å². The van der Waals surface area contributed by atoms with Gasteiger partial charge in [-0.2, -0.15) is 0 Å². The molecule has 2 unspecified atom stereocenters. The van der Waals surface area contributed by atoms with E-state index < -0.39 is 8.32 Å². The topological polar surface area (TPSA) is 9.23 Å². The van der Waals surface area contributed by atoms with E-state index in [0.717, 1.165) is 5.92 Å². The Labute approximate surface area is 93.0 Å². The first kappa shape index (κ1) is 10.5. The molecule has 2 heteroatoms. The van der Waals surface area contributed by atoms with Crippen LogP contribution < -0.4 is 0 Å². The molecule has 0 spiro atoms. The molecule has 0 N–H and O–H groups in total. The van der Waals surface area contributed by atoms with Crippen LogP contribution >= 0.6 is 0 Å². The van der Waals surface area contributed by atoms with Crippen LogP contribution in [0.2, 0.25) is 0 Å². The third-order valence-corrected chi connectivity index (χ3v) is 6.03. The van der Waals surface area contributed by atoms with Crippen LogP contribution in [0.25, 0.3) is 0 Å². The molecule has 2 rings (SSSR count). The molecule has 2 aliphatic carbocycles. The predicted molar refractivity (Wildman–Crippen MR) is 66.3 cm³/mol. The summed E-state index contributed by atoms with van der Waals surface area (Å²) < 4.78 is 6.13. The zero-order valence-electron chi connectivity index (χ0n) is 9.11. The average molecular weight is 218 g/mol. The van der Waals surface area contributed by atoms with Crippen molar-refractivity contribution in [2.24, 2.45) is 11.8 Å². The van der Waals surface area contributed by atoms with Crippen LogP contribution in [0.4, 0.5) is 0 Å².